The normalized spacial score (nSPS) is 18.1. The molecule has 2 aromatic heterocycles. The lowest BCUT2D eigenvalue weighted by atomic mass is 9.78. The van der Waals surface area contributed by atoms with Gasteiger partial charge in [-0.15, -0.1) is 0 Å². The number of carbonyl (C=O) groups is 1. The fourth-order valence-corrected chi connectivity index (χ4v) is 4.36. The van der Waals surface area contributed by atoms with Gasteiger partial charge in [0.2, 0.25) is 23.6 Å². The number of aromatic amines is 1. The van der Waals surface area contributed by atoms with Crippen LogP contribution in [-0.4, -0.2) is 64.6 Å². The molecule has 0 aliphatic carbocycles. The number of nitrogens with zero attached hydrogens (tertiary/aromatic N) is 5. The van der Waals surface area contributed by atoms with Crippen molar-refractivity contribution in [2.75, 3.05) is 38.8 Å². The van der Waals surface area contributed by atoms with Crippen molar-refractivity contribution in [3.05, 3.63) is 23.8 Å². The van der Waals surface area contributed by atoms with E-state index in [1.54, 1.807) is 26.6 Å². The van der Waals surface area contributed by atoms with Gasteiger partial charge >= 0.3 is 0 Å². The molecule has 1 N–H and O–H groups in total. The molecule has 1 fully saturated rings. The summed E-state index contributed by atoms with van der Waals surface area (Å²) < 4.78 is 10.5. The summed E-state index contributed by atoms with van der Waals surface area (Å²) in [6.45, 7) is 4.08. The molecule has 1 amide bonds. The molecule has 0 saturated carbocycles. The highest BCUT2D eigenvalue weighted by molar-refractivity contribution is 5.77. The zero-order valence-corrected chi connectivity index (χ0v) is 16.6. The molecule has 9 heteroatoms. The first kappa shape index (κ1) is 18.5. The minimum atomic E-state index is -0.361. The highest BCUT2D eigenvalue weighted by Crippen LogP contribution is 2.43. The van der Waals surface area contributed by atoms with Crippen molar-refractivity contribution in [2.45, 2.75) is 38.1 Å². The van der Waals surface area contributed by atoms with Crippen molar-refractivity contribution in [1.29, 1.82) is 0 Å². The van der Waals surface area contributed by atoms with Crippen molar-refractivity contribution in [3.63, 3.8) is 0 Å². The number of methoxy groups -OCH3 is 2. The van der Waals surface area contributed by atoms with E-state index in [2.05, 4.69) is 24.8 Å². The summed E-state index contributed by atoms with van der Waals surface area (Å²) in [5, 5.41) is 0. The molecule has 1 saturated heterocycles. The molecule has 150 valence electrons. The molecule has 0 aromatic carbocycles. The van der Waals surface area contributed by atoms with E-state index in [0.29, 0.717) is 24.1 Å². The minimum Gasteiger partial charge on any atom is -0.481 e. The van der Waals surface area contributed by atoms with Crippen molar-refractivity contribution in [2.24, 2.45) is 0 Å². The lowest BCUT2D eigenvalue weighted by Gasteiger charge is -2.50. The zero-order valence-electron chi connectivity index (χ0n) is 16.6. The maximum absolute atomic E-state index is 12.7. The number of fused-ring (bicyclic) bond motifs is 2. The predicted octanol–water partition coefficient (Wildman–Crippen LogP) is 1.51. The molecule has 0 bridgehead atoms. The number of carbonyl (C=O) groups excluding carboxylic acids is 1. The number of nitrogens with one attached hydrogen (secondary N) is 1. The summed E-state index contributed by atoms with van der Waals surface area (Å²) >= 11 is 0. The van der Waals surface area contributed by atoms with Gasteiger partial charge in [-0.05, 0) is 12.8 Å². The Morgan fingerprint density at radius 2 is 1.86 bits per heavy atom. The number of hydrogen-bond donors (Lipinski definition) is 1. The molecule has 4 rings (SSSR count). The van der Waals surface area contributed by atoms with Gasteiger partial charge in [0, 0.05) is 38.2 Å². The number of ether oxygens (including phenoxy) is 2. The van der Waals surface area contributed by atoms with Gasteiger partial charge in [-0.1, -0.05) is 6.92 Å². The average Bonchev–Trinajstić information content (AvgIpc) is 3.23. The highest BCUT2D eigenvalue weighted by atomic mass is 16.5. The quantitative estimate of drug-likeness (QED) is 0.851. The Kier molecular flexibility index (Phi) is 4.82. The van der Waals surface area contributed by atoms with Gasteiger partial charge in [0.05, 0.1) is 37.8 Å². The highest BCUT2D eigenvalue weighted by Gasteiger charge is 2.48. The smallest absolute Gasteiger partial charge is 0.231 e. The van der Waals surface area contributed by atoms with Crippen LogP contribution in [0.4, 0.5) is 5.95 Å². The molecular weight excluding hydrogens is 360 g/mol. The molecule has 2 aliphatic heterocycles. The van der Waals surface area contributed by atoms with Gasteiger partial charge in [0.15, 0.2) is 0 Å². The minimum absolute atomic E-state index is 0.182. The summed E-state index contributed by atoms with van der Waals surface area (Å²) in [6.07, 6.45) is 4.62. The average molecular weight is 386 g/mol. The van der Waals surface area contributed by atoms with E-state index < -0.39 is 0 Å². The van der Waals surface area contributed by atoms with E-state index in [0.717, 1.165) is 50.3 Å². The first-order chi connectivity index (χ1) is 13.6. The molecule has 2 aromatic rings. The predicted molar refractivity (Wildman–Crippen MR) is 103 cm³/mol. The van der Waals surface area contributed by atoms with Crippen molar-refractivity contribution < 1.29 is 14.3 Å². The van der Waals surface area contributed by atoms with Crippen molar-refractivity contribution in [3.8, 4) is 11.8 Å². The number of H-pyrrole nitrogens is 1. The van der Waals surface area contributed by atoms with Crippen LogP contribution in [0, 0.1) is 0 Å². The number of anilines is 1. The van der Waals surface area contributed by atoms with E-state index >= 15 is 0 Å². The largest absolute Gasteiger partial charge is 0.481 e. The second kappa shape index (κ2) is 7.29. The first-order valence-electron chi connectivity index (χ1n) is 9.66. The molecule has 4 heterocycles. The first-order valence-corrected chi connectivity index (χ1v) is 9.66. The molecule has 9 nitrogen and oxygen atoms in total. The van der Waals surface area contributed by atoms with Crippen molar-refractivity contribution in [1.82, 2.24) is 24.8 Å². The van der Waals surface area contributed by atoms with Crippen LogP contribution < -0.4 is 14.4 Å². The van der Waals surface area contributed by atoms with Crippen LogP contribution in [0.1, 0.15) is 37.6 Å². The third-order valence-electron chi connectivity index (χ3n) is 5.82. The summed E-state index contributed by atoms with van der Waals surface area (Å²) in [5.74, 6) is 1.70. The lowest BCUT2D eigenvalue weighted by molar-refractivity contribution is -0.140. The van der Waals surface area contributed by atoms with E-state index in [1.165, 1.54) is 0 Å². The van der Waals surface area contributed by atoms with Crippen LogP contribution in [0.5, 0.6) is 11.8 Å². The Hall–Kier alpha value is -2.84. The number of imidazole rings is 1. The van der Waals surface area contributed by atoms with Crippen LogP contribution in [-0.2, 0) is 16.8 Å². The second-order valence-electron chi connectivity index (χ2n) is 7.15. The number of rotatable bonds is 4. The Balaban J connectivity index is 1.62. The fourth-order valence-electron chi connectivity index (χ4n) is 4.36. The van der Waals surface area contributed by atoms with Crippen LogP contribution in [0.2, 0.25) is 0 Å². The molecule has 1 spiro atoms. The third-order valence-corrected chi connectivity index (χ3v) is 5.82. The monoisotopic (exact) mass is 386 g/mol. The standard InChI is InChI=1S/C19H26N6O3/c1-4-16(26)25-8-5-13-17(21-12-20-13)19(25)6-9-24(10-7-19)18-22-14(27-2)11-15(23-18)28-3/h11-12H,4-10H2,1-3H3,(H,20,21). The molecule has 0 radical (unpaired) electrons. The maximum atomic E-state index is 12.7. The van der Waals surface area contributed by atoms with E-state index in [1.807, 2.05) is 11.8 Å². The second-order valence-corrected chi connectivity index (χ2v) is 7.15. The lowest BCUT2D eigenvalue weighted by Crippen LogP contribution is -2.58. The van der Waals surface area contributed by atoms with Gasteiger partial charge in [-0.2, -0.15) is 9.97 Å². The zero-order chi connectivity index (χ0) is 19.7. The Labute approximate surface area is 164 Å². The molecule has 0 unspecified atom stereocenters. The number of piperidine rings is 1. The van der Waals surface area contributed by atoms with Gasteiger partial charge in [0.25, 0.3) is 0 Å². The topological polar surface area (TPSA) is 96.5 Å². The van der Waals surface area contributed by atoms with Crippen molar-refractivity contribution >= 4 is 11.9 Å². The summed E-state index contributed by atoms with van der Waals surface area (Å²) in [7, 11) is 3.15. The van der Waals surface area contributed by atoms with E-state index in [9.17, 15) is 4.79 Å². The van der Waals surface area contributed by atoms with Gasteiger partial charge in [0.1, 0.15) is 0 Å². The molecule has 28 heavy (non-hydrogen) atoms. The van der Waals surface area contributed by atoms with Crippen LogP contribution in [0.3, 0.4) is 0 Å². The SMILES string of the molecule is CCC(=O)N1CCc2[nH]cnc2C12CCN(c1nc(OC)cc(OC)n1)CC2. The Bertz CT molecular complexity index is 837. The number of aromatic nitrogens is 4. The number of hydrogen-bond acceptors (Lipinski definition) is 7. The summed E-state index contributed by atoms with van der Waals surface area (Å²) in [4.78, 5) is 33.7. The van der Waals surface area contributed by atoms with Crippen LogP contribution in [0.15, 0.2) is 12.4 Å². The summed E-state index contributed by atoms with van der Waals surface area (Å²) in [5.41, 5.74) is 1.80. The Morgan fingerprint density at radius 3 is 2.46 bits per heavy atom. The van der Waals surface area contributed by atoms with Gasteiger partial charge in [-0.3, -0.25) is 4.79 Å². The van der Waals surface area contributed by atoms with Gasteiger partial charge in [-0.25, -0.2) is 4.98 Å². The van der Waals surface area contributed by atoms with Crippen LogP contribution >= 0.6 is 0 Å². The number of amides is 1. The fraction of sp³-hybridized carbons (Fsp3) is 0.579. The van der Waals surface area contributed by atoms with Gasteiger partial charge < -0.3 is 24.3 Å². The maximum Gasteiger partial charge on any atom is 0.231 e. The molecule has 2 aliphatic rings. The van der Waals surface area contributed by atoms with Crippen LogP contribution in [0.25, 0.3) is 0 Å². The third kappa shape index (κ3) is 2.94. The van der Waals surface area contributed by atoms with E-state index in [4.69, 9.17) is 9.47 Å². The van der Waals surface area contributed by atoms with E-state index in [-0.39, 0.29) is 11.4 Å². The Morgan fingerprint density at radius 1 is 1.18 bits per heavy atom. The molecule has 0 atom stereocenters. The summed E-state index contributed by atoms with van der Waals surface area (Å²) in [6, 6.07) is 1.66. The molecular formula is C19H26N6O3.